The molecule has 0 aliphatic carbocycles. The van der Waals surface area contributed by atoms with E-state index in [2.05, 4.69) is 16.7 Å². The Morgan fingerprint density at radius 1 is 1.27 bits per heavy atom. The molecular formula is C20H30N2O4. The molecule has 1 atom stereocenters. The molecule has 1 aromatic rings. The fraction of sp³-hybridized carbons (Fsp3) is 0.700. The van der Waals surface area contributed by atoms with Crippen LogP contribution in [0.3, 0.4) is 0 Å². The molecule has 1 unspecified atom stereocenters. The highest BCUT2D eigenvalue weighted by Gasteiger charge is 2.41. The minimum Gasteiger partial charge on any atom is -0.490 e. The summed E-state index contributed by atoms with van der Waals surface area (Å²) in [5, 5.41) is 0. The number of amides is 1. The van der Waals surface area contributed by atoms with Crippen molar-refractivity contribution in [1.82, 2.24) is 9.80 Å². The van der Waals surface area contributed by atoms with Crippen molar-refractivity contribution >= 4 is 5.91 Å². The normalized spacial score (nSPS) is 24.2. The van der Waals surface area contributed by atoms with Gasteiger partial charge in [-0.25, -0.2) is 0 Å². The molecule has 1 spiro atoms. The summed E-state index contributed by atoms with van der Waals surface area (Å²) in [6.45, 7) is 6.50. The zero-order valence-electron chi connectivity index (χ0n) is 16.0. The Morgan fingerprint density at radius 3 is 2.85 bits per heavy atom. The highest BCUT2D eigenvalue weighted by Crippen LogP contribution is 2.39. The van der Waals surface area contributed by atoms with Crippen LogP contribution in [0.15, 0.2) is 21.5 Å². The van der Waals surface area contributed by atoms with Gasteiger partial charge in [-0.2, -0.15) is 0 Å². The molecule has 2 fully saturated rings. The Labute approximate surface area is 155 Å². The number of methoxy groups -OCH3 is 1. The summed E-state index contributed by atoms with van der Waals surface area (Å²) in [6, 6.07) is 1.53. The minimum absolute atomic E-state index is 0.144. The van der Waals surface area contributed by atoms with Crippen LogP contribution in [0.4, 0.5) is 0 Å². The number of rotatable bonds is 6. The summed E-state index contributed by atoms with van der Waals surface area (Å²) in [6.07, 6.45) is 7.50. The molecule has 6 heteroatoms. The molecule has 3 rings (SSSR count). The molecule has 0 saturated carbocycles. The topological polar surface area (TPSA) is 63.0 Å². The summed E-state index contributed by atoms with van der Waals surface area (Å²) < 4.78 is 10.5. The number of piperidine rings is 2. The van der Waals surface area contributed by atoms with Crippen molar-refractivity contribution in [3.63, 3.8) is 0 Å². The third kappa shape index (κ3) is 4.29. The number of carbonyl (C=O) groups is 1. The van der Waals surface area contributed by atoms with Gasteiger partial charge in [-0.1, -0.05) is 13.3 Å². The summed E-state index contributed by atoms with van der Waals surface area (Å²) in [5.41, 5.74) is 0.0432. The number of nitrogens with zero attached hydrogens (tertiary/aromatic N) is 2. The molecule has 144 valence electrons. The highest BCUT2D eigenvalue weighted by atomic mass is 16.5. The lowest BCUT2D eigenvalue weighted by molar-refractivity contribution is -0.139. The largest absolute Gasteiger partial charge is 0.490 e. The molecule has 0 aromatic carbocycles. The predicted octanol–water partition coefficient (Wildman–Crippen LogP) is 2.65. The monoisotopic (exact) mass is 362 g/mol. The Morgan fingerprint density at radius 2 is 2.12 bits per heavy atom. The standard InChI is InChI=1S/C20H30N2O4/c1-3-4-10-22-15-20(8-6-19(22)24)7-5-9-21(14-20)12-16-11-17(23)18(25-2)13-26-16/h11,13H,3-10,12,14-15H2,1-2H3. The summed E-state index contributed by atoms with van der Waals surface area (Å²) >= 11 is 0. The molecule has 2 aliphatic rings. The first kappa shape index (κ1) is 19.0. The zero-order valence-corrected chi connectivity index (χ0v) is 16.0. The van der Waals surface area contributed by atoms with Gasteiger partial charge < -0.3 is 14.1 Å². The average Bonchev–Trinajstić information content (AvgIpc) is 2.63. The molecular weight excluding hydrogens is 332 g/mol. The van der Waals surface area contributed by atoms with E-state index in [1.54, 1.807) is 0 Å². The lowest BCUT2D eigenvalue weighted by Gasteiger charge is -2.48. The lowest BCUT2D eigenvalue weighted by Crippen LogP contribution is -2.53. The van der Waals surface area contributed by atoms with Crippen LogP contribution >= 0.6 is 0 Å². The fourth-order valence-electron chi connectivity index (χ4n) is 4.32. The van der Waals surface area contributed by atoms with Crippen LogP contribution in [0, 0.1) is 5.41 Å². The summed E-state index contributed by atoms with van der Waals surface area (Å²) in [5.74, 6) is 1.21. The maximum absolute atomic E-state index is 12.2. The van der Waals surface area contributed by atoms with Gasteiger partial charge in [0.05, 0.1) is 13.7 Å². The molecule has 2 saturated heterocycles. The minimum atomic E-state index is -0.144. The van der Waals surface area contributed by atoms with Crippen LogP contribution in [0.1, 0.15) is 51.2 Å². The van der Waals surface area contributed by atoms with Gasteiger partial charge in [-0.05, 0) is 32.2 Å². The van der Waals surface area contributed by atoms with Gasteiger partial charge in [0.2, 0.25) is 17.1 Å². The second-order valence-electron chi connectivity index (χ2n) is 7.76. The SMILES string of the molecule is CCCCN1CC2(CCCN(Cc3cc(=O)c(OC)co3)C2)CCC1=O. The van der Waals surface area contributed by atoms with Gasteiger partial charge in [-0.3, -0.25) is 14.5 Å². The van der Waals surface area contributed by atoms with Crippen molar-refractivity contribution in [2.45, 2.75) is 52.0 Å². The van der Waals surface area contributed by atoms with Gasteiger partial charge in [0.1, 0.15) is 12.0 Å². The molecule has 1 amide bonds. The van der Waals surface area contributed by atoms with Crippen LogP contribution in [0.2, 0.25) is 0 Å². The van der Waals surface area contributed by atoms with E-state index in [4.69, 9.17) is 9.15 Å². The third-order valence-corrected chi connectivity index (χ3v) is 5.72. The van der Waals surface area contributed by atoms with E-state index < -0.39 is 0 Å². The Bertz CT molecular complexity index is 687. The average molecular weight is 362 g/mol. The van der Waals surface area contributed by atoms with Crippen LogP contribution in [0.5, 0.6) is 5.75 Å². The first-order valence-electron chi connectivity index (χ1n) is 9.71. The van der Waals surface area contributed by atoms with Crippen molar-refractivity contribution in [2.75, 3.05) is 33.3 Å². The zero-order chi connectivity index (χ0) is 18.6. The number of hydrogen-bond acceptors (Lipinski definition) is 5. The second kappa shape index (κ2) is 8.25. The smallest absolute Gasteiger partial charge is 0.227 e. The summed E-state index contributed by atoms with van der Waals surface area (Å²) in [4.78, 5) is 28.6. The van der Waals surface area contributed by atoms with E-state index in [0.717, 1.165) is 51.9 Å². The maximum atomic E-state index is 12.2. The van der Waals surface area contributed by atoms with Gasteiger partial charge in [0.25, 0.3) is 0 Å². The maximum Gasteiger partial charge on any atom is 0.227 e. The van der Waals surface area contributed by atoms with E-state index in [1.165, 1.54) is 25.9 Å². The van der Waals surface area contributed by atoms with Crippen LogP contribution in [0.25, 0.3) is 0 Å². The first-order chi connectivity index (χ1) is 12.5. The molecule has 3 heterocycles. The van der Waals surface area contributed by atoms with Crippen molar-refractivity contribution in [2.24, 2.45) is 5.41 Å². The van der Waals surface area contributed by atoms with Gasteiger partial charge >= 0.3 is 0 Å². The Balaban J connectivity index is 1.65. The molecule has 6 nitrogen and oxygen atoms in total. The Kier molecular flexibility index (Phi) is 6.01. The van der Waals surface area contributed by atoms with E-state index in [1.807, 2.05) is 0 Å². The van der Waals surface area contributed by atoms with Gasteiger partial charge in [0, 0.05) is 37.5 Å². The molecule has 26 heavy (non-hydrogen) atoms. The molecule has 0 bridgehead atoms. The molecule has 1 aromatic heterocycles. The van der Waals surface area contributed by atoms with Crippen molar-refractivity contribution in [3.8, 4) is 5.75 Å². The predicted molar refractivity (Wildman–Crippen MR) is 99.2 cm³/mol. The quantitative estimate of drug-likeness (QED) is 0.778. The van der Waals surface area contributed by atoms with Gasteiger partial charge in [0.15, 0.2) is 0 Å². The summed E-state index contributed by atoms with van der Waals surface area (Å²) in [7, 11) is 1.47. The Hall–Kier alpha value is -1.82. The van der Waals surface area contributed by atoms with E-state index in [9.17, 15) is 9.59 Å². The van der Waals surface area contributed by atoms with E-state index in [0.29, 0.717) is 24.6 Å². The number of unbranched alkanes of at least 4 members (excludes halogenated alkanes) is 1. The van der Waals surface area contributed by atoms with Crippen molar-refractivity contribution < 1.29 is 13.9 Å². The van der Waals surface area contributed by atoms with Crippen molar-refractivity contribution in [3.05, 3.63) is 28.3 Å². The molecule has 0 radical (unpaired) electrons. The fourth-order valence-corrected chi connectivity index (χ4v) is 4.32. The van der Waals surface area contributed by atoms with Gasteiger partial charge in [-0.15, -0.1) is 0 Å². The number of hydrogen-bond donors (Lipinski definition) is 0. The van der Waals surface area contributed by atoms with Crippen LogP contribution in [-0.4, -0.2) is 49.0 Å². The number of carbonyl (C=O) groups excluding carboxylic acids is 1. The first-order valence-corrected chi connectivity index (χ1v) is 9.71. The van der Waals surface area contributed by atoms with E-state index in [-0.39, 0.29) is 16.6 Å². The van der Waals surface area contributed by atoms with Crippen molar-refractivity contribution in [1.29, 1.82) is 0 Å². The van der Waals surface area contributed by atoms with Crippen LogP contribution < -0.4 is 10.2 Å². The number of ether oxygens (including phenoxy) is 1. The highest BCUT2D eigenvalue weighted by molar-refractivity contribution is 5.77. The second-order valence-corrected chi connectivity index (χ2v) is 7.76. The molecule has 0 N–H and O–H groups in total. The van der Waals surface area contributed by atoms with E-state index >= 15 is 0 Å². The van der Waals surface area contributed by atoms with Crippen LogP contribution in [-0.2, 0) is 11.3 Å². The lowest BCUT2D eigenvalue weighted by atomic mass is 9.73. The molecule has 2 aliphatic heterocycles. The third-order valence-electron chi connectivity index (χ3n) is 5.72. The number of likely N-dealkylation sites (tertiary alicyclic amines) is 2.